The van der Waals surface area contributed by atoms with Gasteiger partial charge >= 0.3 is 0 Å². The maximum Gasteiger partial charge on any atom is 0.118 e. The molecule has 0 aliphatic carbocycles. The second-order valence-corrected chi connectivity index (χ2v) is 1.87. The van der Waals surface area contributed by atoms with Crippen LogP contribution in [0.5, 0.6) is 0 Å². The van der Waals surface area contributed by atoms with Crippen LogP contribution in [0.3, 0.4) is 0 Å². The van der Waals surface area contributed by atoms with Crippen LogP contribution in [0.4, 0.5) is 0 Å². The molecule has 2 heteroatoms. The molecule has 0 saturated heterocycles. The van der Waals surface area contributed by atoms with Gasteiger partial charge in [0.2, 0.25) is 0 Å². The van der Waals surface area contributed by atoms with Gasteiger partial charge in [-0.1, -0.05) is 0 Å². The predicted molar refractivity (Wildman–Crippen MR) is 32.2 cm³/mol. The highest BCUT2D eigenvalue weighted by molar-refractivity contribution is 7.84. The summed E-state index contributed by atoms with van der Waals surface area (Å²) < 4.78 is 4.86. The monoisotopic (exact) mass is 114 g/mol. The predicted octanol–water partition coefficient (Wildman–Crippen LogP) is 1.34. The van der Waals surface area contributed by atoms with E-state index < -0.39 is 0 Å². The first-order valence-electron chi connectivity index (χ1n) is 2.06. The quantitative estimate of drug-likeness (QED) is 0.467. The fourth-order valence-electron chi connectivity index (χ4n) is 0.388. The number of hydrogen-bond acceptors (Lipinski definition) is 2. The van der Waals surface area contributed by atoms with Crippen LogP contribution in [0.1, 0.15) is 0 Å². The molecule has 0 N–H and O–H groups in total. The van der Waals surface area contributed by atoms with Gasteiger partial charge in [-0.25, -0.2) is 0 Å². The molecule has 1 nitrogen and oxygen atoms in total. The standard InChI is InChI=1S/C5H6OS/c7-5-2-1-3-6-4-5/h1-3,7H,4H2. The summed E-state index contributed by atoms with van der Waals surface area (Å²) in [6.07, 6.45) is 5.39. The Morgan fingerprint density at radius 3 is 2.86 bits per heavy atom. The van der Waals surface area contributed by atoms with E-state index in [9.17, 15) is 0 Å². The van der Waals surface area contributed by atoms with Gasteiger partial charge in [0.25, 0.3) is 0 Å². The van der Waals surface area contributed by atoms with Crippen LogP contribution in [0.15, 0.2) is 23.3 Å². The van der Waals surface area contributed by atoms with E-state index in [-0.39, 0.29) is 0 Å². The molecule has 0 aromatic carbocycles. The van der Waals surface area contributed by atoms with Crippen LogP contribution < -0.4 is 0 Å². The minimum Gasteiger partial charge on any atom is -0.496 e. The van der Waals surface area contributed by atoms with Crippen LogP contribution in [0.2, 0.25) is 0 Å². The van der Waals surface area contributed by atoms with Gasteiger partial charge in [0, 0.05) is 4.91 Å². The van der Waals surface area contributed by atoms with E-state index in [4.69, 9.17) is 4.74 Å². The van der Waals surface area contributed by atoms with Gasteiger partial charge in [0.15, 0.2) is 0 Å². The average molecular weight is 114 g/mol. The lowest BCUT2D eigenvalue weighted by atomic mass is 10.4. The molecule has 38 valence electrons. The molecule has 0 aromatic rings. The Hall–Kier alpha value is -0.370. The zero-order chi connectivity index (χ0) is 5.11. The molecule has 0 atom stereocenters. The van der Waals surface area contributed by atoms with Crippen molar-refractivity contribution in [3.8, 4) is 0 Å². The molecule has 0 saturated carbocycles. The van der Waals surface area contributed by atoms with Crippen LogP contribution in [-0.2, 0) is 4.74 Å². The zero-order valence-corrected chi connectivity index (χ0v) is 4.69. The molecular weight excluding hydrogens is 108 g/mol. The van der Waals surface area contributed by atoms with Crippen molar-refractivity contribution in [2.24, 2.45) is 0 Å². The minimum absolute atomic E-state index is 0.625. The molecule has 0 aromatic heterocycles. The fraction of sp³-hybridized carbons (Fsp3) is 0.200. The third-order valence-corrected chi connectivity index (χ3v) is 0.973. The van der Waals surface area contributed by atoms with E-state index in [2.05, 4.69) is 12.6 Å². The van der Waals surface area contributed by atoms with Crippen molar-refractivity contribution in [2.45, 2.75) is 0 Å². The summed E-state index contributed by atoms with van der Waals surface area (Å²) in [4.78, 5) is 0.975. The summed E-state index contributed by atoms with van der Waals surface area (Å²) >= 11 is 4.05. The highest BCUT2D eigenvalue weighted by Crippen LogP contribution is 2.04. The van der Waals surface area contributed by atoms with E-state index in [1.54, 1.807) is 6.26 Å². The van der Waals surface area contributed by atoms with E-state index >= 15 is 0 Å². The fourth-order valence-corrected chi connectivity index (χ4v) is 0.548. The normalized spacial score (nSPS) is 18.1. The number of hydrogen-bond donors (Lipinski definition) is 1. The number of rotatable bonds is 0. The highest BCUT2D eigenvalue weighted by Gasteiger charge is 1.89. The van der Waals surface area contributed by atoms with Gasteiger partial charge in [-0.3, -0.25) is 0 Å². The second kappa shape index (κ2) is 2.07. The van der Waals surface area contributed by atoms with Crippen molar-refractivity contribution in [1.82, 2.24) is 0 Å². The van der Waals surface area contributed by atoms with Crippen LogP contribution in [-0.4, -0.2) is 6.61 Å². The Morgan fingerprint density at radius 2 is 2.57 bits per heavy atom. The Morgan fingerprint density at radius 1 is 1.71 bits per heavy atom. The molecule has 0 fully saturated rings. The third kappa shape index (κ3) is 1.27. The molecule has 1 aliphatic heterocycles. The van der Waals surface area contributed by atoms with Gasteiger partial charge in [0.1, 0.15) is 6.61 Å². The Bertz CT molecular complexity index is 115. The summed E-state index contributed by atoms with van der Waals surface area (Å²) in [7, 11) is 0. The van der Waals surface area contributed by atoms with E-state index in [1.165, 1.54) is 0 Å². The van der Waals surface area contributed by atoms with Crippen LogP contribution in [0, 0.1) is 0 Å². The summed E-state index contributed by atoms with van der Waals surface area (Å²) in [6.45, 7) is 0.625. The topological polar surface area (TPSA) is 9.23 Å². The molecule has 1 aliphatic rings. The number of allylic oxidation sites excluding steroid dienone is 2. The van der Waals surface area contributed by atoms with E-state index in [1.807, 2.05) is 12.2 Å². The first-order chi connectivity index (χ1) is 3.39. The highest BCUT2D eigenvalue weighted by atomic mass is 32.1. The second-order valence-electron chi connectivity index (χ2n) is 1.30. The van der Waals surface area contributed by atoms with Crippen molar-refractivity contribution in [3.05, 3.63) is 23.3 Å². The van der Waals surface area contributed by atoms with Crippen molar-refractivity contribution >= 4 is 12.6 Å². The van der Waals surface area contributed by atoms with Gasteiger partial charge in [0.05, 0.1) is 6.26 Å². The SMILES string of the molecule is SC1=CC=COC1. The Kier molecular flexibility index (Phi) is 1.42. The maximum atomic E-state index is 4.86. The molecular formula is C5H6OS. The molecule has 0 spiro atoms. The van der Waals surface area contributed by atoms with Crippen molar-refractivity contribution in [1.29, 1.82) is 0 Å². The molecule has 0 unspecified atom stereocenters. The van der Waals surface area contributed by atoms with Crippen molar-refractivity contribution in [3.63, 3.8) is 0 Å². The lowest BCUT2D eigenvalue weighted by molar-refractivity contribution is 0.283. The minimum atomic E-state index is 0.625. The largest absolute Gasteiger partial charge is 0.496 e. The molecule has 0 amide bonds. The van der Waals surface area contributed by atoms with Crippen LogP contribution in [0.25, 0.3) is 0 Å². The lowest BCUT2D eigenvalue weighted by Gasteiger charge is -2.01. The Labute approximate surface area is 48.1 Å². The summed E-state index contributed by atoms with van der Waals surface area (Å²) in [5.74, 6) is 0. The van der Waals surface area contributed by atoms with Gasteiger partial charge in [-0.05, 0) is 12.2 Å². The zero-order valence-electron chi connectivity index (χ0n) is 3.79. The first kappa shape index (κ1) is 4.78. The lowest BCUT2D eigenvalue weighted by Crippen LogP contribution is -1.89. The van der Waals surface area contributed by atoms with Crippen molar-refractivity contribution in [2.75, 3.05) is 6.61 Å². The third-order valence-electron chi connectivity index (χ3n) is 0.695. The molecule has 1 heterocycles. The molecule has 0 bridgehead atoms. The van der Waals surface area contributed by atoms with E-state index in [0.717, 1.165) is 4.91 Å². The summed E-state index contributed by atoms with van der Waals surface area (Å²) in [5.41, 5.74) is 0. The van der Waals surface area contributed by atoms with Crippen LogP contribution >= 0.6 is 12.6 Å². The molecule has 7 heavy (non-hydrogen) atoms. The van der Waals surface area contributed by atoms with E-state index in [0.29, 0.717) is 6.61 Å². The van der Waals surface area contributed by atoms with Gasteiger partial charge in [-0.15, -0.1) is 12.6 Å². The number of thiol groups is 1. The smallest absolute Gasteiger partial charge is 0.118 e. The average Bonchev–Trinajstić information content (AvgIpc) is 1.69. The van der Waals surface area contributed by atoms with Gasteiger partial charge in [-0.2, -0.15) is 0 Å². The summed E-state index contributed by atoms with van der Waals surface area (Å²) in [6, 6.07) is 0. The Balaban J connectivity index is 2.57. The summed E-state index contributed by atoms with van der Waals surface area (Å²) in [5, 5.41) is 0. The molecule has 1 rings (SSSR count). The first-order valence-corrected chi connectivity index (χ1v) is 2.50. The van der Waals surface area contributed by atoms with Crippen molar-refractivity contribution < 1.29 is 4.74 Å². The molecule has 0 radical (unpaired) electrons. The van der Waals surface area contributed by atoms with Gasteiger partial charge < -0.3 is 4.74 Å². The maximum absolute atomic E-state index is 4.86. The number of ether oxygens (including phenoxy) is 1.